The van der Waals surface area contributed by atoms with E-state index in [9.17, 15) is 5.11 Å². The zero-order chi connectivity index (χ0) is 12.8. The highest BCUT2D eigenvalue weighted by Gasteiger charge is 2.17. The normalized spacial score (nSPS) is 17.2. The standard InChI is InChI=1S/C11H25N3O2/c1-8(5-10(12)14-16)13-7-9(15)6-11(2,3)4/h8-9,13,15-16H,5-7H2,1-4H3,(H2,12,14). The van der Waals surface area contributed by atoms with Crippen LogP contribution >= 0.6 is 0 Å². The lowest BCUT2D eigenvalue weighted by atomic mass is 9.89. The molecule has 0 aliphatic rings. The summed E-state index contributed by atoms with van der Waals surface area (Å²) in [4.78, 5) is 0. The zero-order valence-corrected chi connectivity index (χ0v) is 10.7. The molecule has 0 aliphatic heterocycles. The topological polar surface area (TPSA) is 90.9 Å². The maximum Gasteiger partial charge on any atom is 0.140 e. The molecule has 0 fully saturated rings. The fraction of sp³-hybridized carbons (Fsp3) is 0.909. The summed E-state index contributed by atoms with van der Waals surface area (Å²) in [6.45, 7) is 8.74. The van der Waals surface area contributed by atoms with E-state index in [1.165, 1.54) is 0 Å². The molecular weight excluding hydrogens is 206 g/mol. The SMILES string of the molecule is CC(CC(N)=NO)NCC(O)CC(C)(C)C. The summed E-state index contributed by atoms with van der Waals surface area (Å²) in [5, 5.41) is 24.2. The zero-order valence-electron chi connectivity index (χ0n) is 10.7. The van der Waals surface area contributed by atoms with Gasteiger partial charge in [0.15, 0.2) is 0 Å². The molecule has 5 N–H and O–H groups in total. The number of nitrogens with one attached hydrogen (secondary N) is 1. The van der Waals surface area contributed by atoms with E-state index in [1.807, 2.05) is 6.92 Å². The van der Waals surface area contributed by atoms with Crippen molar-refractivity contribution in [2.24, 2.45) is 16.3 Å². The summed E-state index contributed by atoms with van der Waals surface area (Å²) in [7, 11) is 0. The number of oxime groups is 1. The fourth-order valence-electron chi connectivity index (χ4n) is 1.54. The van der Waals surface area contributed by atoms with Crippen LogP contribution in [-0.2, 0) is 0 Å². The second kappa shape index (κ2) is 6.70. The van der Waals surface area contributed by atoms with Crippen LogP contribution in [0.5, 0.6) is 0 Å². The average molecular weight is 231 g/mol. The van der Waals surface area contributed by atoms with Gasteiger partial charge >= 0.3 is 0 Å². The number of hydrogen-bond acceptors (Lipinski definition) is 4. The molecule has 0 aromatic rings. The molecule has 0 aliphatic carbocycles. The highest BCUT2D eigenvalue weighted by atomic mass is 16.4. The lowest BCUT2D eigenvalue weighted by molar-refractivity contribution is 0.117. The fourth-order valence-corrected chi connectivity index (χ4v) is 1.54. The van der Waals surface area contributed by atoms with Gasteiger partial charge in [0, 0.05) is 19.0 Å². The number of nitrogens with two attached hydrogens (primary N) is 1. The number of aliphatic hydroxyl groups excluding tert-OH is 1. The molecule has 0 spiro atoms. The van der Waals surface area contributed by atoms with Gasteiger partial charge in [0.05, 0.1) is 6.10 Å². The minimum atomic E-state index is -0.366. The molecule has 0 amide bonds. The van der Waals surface area contributed by atoms with E-state index in [4.69, 9.17) is 10.9 Å². The number of aliphatic hydroxyl groups is 1. The first-order chi connectivity index (χ1) is 7.24. The molecule has 2 unspecified atom stereocenters. The Bertz CT molecular complexity index is 224. The summed E-state index contributed by atoms with van der Waals surface area (Å²) in [6.07, 6.45) is 0.851. The minimum absolute atomic E-state index is 0.0884. The summed E-state index contributed by atoms with van der Waals surface area (Å²) < 4.78 is 0. The third-order valence-corrected chi connectivity index (χ3v) is 2.19. The molecule has 0 aromatic carbocycles. The number of rotatable bonds is 6. The van der Waals surface area contributed by atoms with Crippen LogP contribution in [0.4, 0.5) is 0 Å². The van der Waals surface area contributed by atoms with Gasteiger partial charge in [0.1, 0.15) is 5.84 Å². The van der Waals surface area contributed by atoms with Crippen LogP contribution in [0, 0.1) is 5.41 Å². The first-order valence-electron chi connectivity index (χ1n) is 5.62. The van der Waals surface area contributed by atoms with Gasteiger partial charge in [-0.2, -0.15) is 0 Å². The number of amidine groups is 1. The van der Waals surface area contributed by atoms with Gasteiger partial charge < -0.3 is 21.4 Å². The van der Waals surface area contributed by atoms with Crippen LogP contribution in [0.2, 0.25) is 0 Å². The summed E-state index contributed by atoms with van der Waals surface area (Å²) >= 11 is 0. The first-order valence-corrected chi connectivity index (χ1v) is 5.62. The van der Waals surface area contributed by atoms with Crippen LogP contribution in [0.3, 0.4) is 0 Å². The van der Waals surface area contributed by atoms with Gasteiger partial charge in [-0.05, 0) is 18.8 Å². The van der Waals surface area contributed by atoms with Crippen LogP contribution in [0.25, 0.3) is 0 Å². The molecule has 16 heavy (non-hydrogen) atoms. The van der Waals surface area contributed by atoms with Crippen molar-refractivity contribution in [2.75, 3.05) is 6.54 Å². The van der Waals surface area contributed by atoms with Gasteiger partial charge in [0.25, 0.3) is 0 Å². The Hall–Kier alpha value is -0.810. The quantitative estimate of drug-likeness (QED) is 0.236. The summed E-state index contributed by atoms with van der Waals surface area (Å²) in [5.74, 6) is 0.199. The molecular formula is C11H25N3O2. The molecule has 0 saturated carbocycles. The van der Waals surface area contributed by atoms with Gasteiger partial charge in [0.2, 0.25) is 0 Å². The van der Waals surface area contributed by atoms with Crippen molar-refractivity contribution >= 4 is 5.84 Å². The van der Waals surface area contributed by atoms with Crippen molar-refractivity contribution < 1.29 is 10.3 Å². The van der Waals surface area contributed by atoms with Crippen LogP contribution in [0.1, 0.15) is 40.5 Å². The Morgan fingerprint density at radius 3 is 2.44 bits per heavy atom. The van der Waals surface area contributed by atoms with Crippen molar-refractivity contribution in [1.29, 1.82) is 0 Å². The van der Waals surface area contributed by atoms with E-state index in [-0.39, 0.29) is 23.4 Å². The largest absolute Gasteiger partial charge is 0.409 e. The Balaban J connectivity index is 3.79. The van der Waals surface area contributed by atoms with Crippen LogP contribution in [-0.4, -0.2) is 34.8 Å². The number of hydrogen-bond donors (Lipinski definition) is 4. The van der Waals surface area contributed by atoms with E-state index in [2.05, 4.69) is 31.2 Å². The molecule has 2 atom stereocenters. The predicted octanol–water partition coefficient (Wildman–Crippen LogP) is 0.898. The summed E-state index contributed by atoms with van der Waals surface area (Å²) in [5.41, 5.74) is 5.50. The maximum atomic E-state index is 9.75. The highest BCUT2D eigenvalue weighted by Crippen LogP contribution is 2.20. The first kappa shape index (κ1) is 15.2. The molecule has 5 heteroatoms. The molecule has 0 aromatic heterocycles. The molecule has 0 rings (SSSR count). The van der Waals surface area contributed by atoms with Crippen LogP contribution < -0.4 is 11.1 Å². The second-order valence-electron chi connectivity index (χ2n) is 5.52. The van der Waals surface area contributed by atoms with Gasteiger partial charge in [-0.1, -0.05) is 25.9 Å². The summed E-state index contributed by atoms with van der Waals surface area (Å²) in [6, 6.07) is 0.0884. The minimum Gasteiger partial charge on any atom is -0.409 e. The van der Waals surface area contributed by atoms with Crippen LogP contribution in [0.15, 0.2) is 5.16 Å². The molecule has 5 nitrogen and oxygen atoms in total. The predicted molar refractivity (Wildman–Crippen MR) is 65.6 cm³/mol. The van der Waals surface area contributed by atoms with E-state index >= 15 is 0 Å². The molecule has 0 bridgehead atoms. The van der Waals surface area contributed by atoms with E-state index < -0.39 is 0 Å². The second-order valence-corrected chi connectivity index (χ2v) is 5.52. The molecule has 0 heterocycles. The van der Waals surface area contributed by atoms with Gasteiger partial charge in [-0.3, -0.25) is 0 Å². The van der Waals surface area contributed by atoms with Gasteiger partial charge in [-0.15, -0.1) is 0 Å². The number of nitrogens with zero attached hydrogens (tertiary/aromatic N) is 1. The lowest BCUT2D eigenvalue weighted by Gasteiger charge is -2.23. The Morgan fingerprint density at radius 2 is 2.00 bits per heavy atom. The lowest BCUT2D eigenvalue weighted by Crippen LogP contribution is -2.37. The Kier molecular flexibility index (Phi) is 6.36. The van der Waals surface area contributed by atoms with Crippen molar-refractivity contribution in [1.82, 2.24) is 5.32 Å². The molecule has 0 radical (unpaired) electrons. The van der Waals surface area contributed by atoms with Crippen molar-refractivity contribution in [3.05, 3.63) is 0 Å². The van der Waals surface area contributed by atoms with E-state index in [0.29, 0.717) is 13.0 Å². The third-order valence-electron chi connectivity index (χ3n) is 2.19. The highest BCUT2D eigenvalue weighted by molar-refractivity contribution is 5.80. The Morgan fingerprint density at radius 1 is 1.44 bits per heavy atom. The monoisotopic (exact) mass is 231 g/mol. The van der Waals surface area contributed by atoms with E-state index in [1.54, 1.807) is 0 Å². The van der Waals surface area contributed by atoms with E-state index in [0.717, 1.165) is 6.42 Å². The van der Waals surface area contributed by atoms with Crippen molar-refractivity contribution in [2.45, 2.75) is 52.7 Å². The Labute approximate surface area is 97.7 Å². The molecule has 0 saturated heterocycles. The molecule has 96 valence electrons. The third kappa shape index (κ3) is 8.49. The van der Waals surface area contributed by atoms with Crippen molar-refractivity contribution in [3.63, 3.8) is 0 Å². The maximum absolute atomic E-state index is 9.75. The van der Waals surface area contributed by atoms with Gasteiger partial charge in [-0.25, -0.2) is 0 Å². The van der Waals surface area contributed by atoms with Crippen molar-refractivity contribution in [3.8, 4) is 0 Å². The smallest absolute Gasteiger partial charge is 0.140 e. The average Bonchev–Trinajstić information content (AvgIpc) is 2.12.